The van der Waals surface area contributed by atoms with Crippen molar-refractivity contribution >= 4 is 11.9 Å². The summed E-state index contributed by atoms with van der Waals surface area (Å²) in [4.78, 5) is 23.6. The van der Waals surface area contributed by atoms with Crippen LogP contribution in [0.25, 0.3) is 0 Å². The number of carboxylic acid groups (broad SMARTS) is 1. The number of aromatic nitrogens is 3. The Morgan fingerprint density at radius 2 is 2.15 bits per heavy atom. The van der Waals surface area contributed by atoms with E-state index in [1.54, 1.807) is 31.6 Å². The van der Waals surface area contributed by atoms with Crippen LogP contribution in [-0.4, -0.2) is 44.6 Å². The van der Waals surface area contributed by atoms with Crippen molar-refractivity contribution in [1.82, 2.24) is 25.6 Å². The largest absolute Gasteiger partial charge is 0.480 e. The highest BCUT2D eigenvalue weighted by atomic mass is 19.1. The third kappa shape index (κ3) is 3.97. The number of halogens is 1. The maximum Gasteiger partial charge on any atom is 0.320 e. The van der Waals surface area contributed by atoms with Gasteiger partial charge < -0.3 is 15.7 Å². The van der Waals surface area contributed by atoms with Gasteiger partial charge >= 0.3 is 5.97 Å². The Kier molecular flexibility index (Phi) is 4.97. The second-order valence-corrected chi connectivity index (χ2v) is 7.32. The molecule has 1 aromatic heterocycles. The number of benzene rings is 1. The number of rotatable bonds is 5. The smallest absolute Gasteiger partial charge is 0.320 e. The summed E-state index contributed by atoms with van der Waals surface area (Å²) in [5, 5.41) is 23.1. The zero-order valence-corrected chi connectivity index (χ0v) is 15.4. The van der Waals surface area contributed by atoms with Crippen LogP contribution < -0.4 is 10.6 Å². The highest BCUT2D eigenvalue weighted by Crippen LogP contribution is 2.23. The van der Waals surface area contributed by atoms with Crippen molar-refractivity contribution in [2.75, 3.05) is 6.54 Å². The molecule has 144 valence electrons. The molecule has 2 heterocycles. The van der Waals surface area contributed by atoms with Crippen LogP contribution >= 0.6 is 0 Å². The number of carbonyl (C=O) groups excluding carboxylic acids is 1. The van der Waals surface area contributed by atoms with E-state index in [1.165, 1.54) is 18.2 Å². The van der Waals surface area contributed by atoms with Gasteiger partial charge in [0.2, 0.25) is 0 Å². The SMILES string of the molecule is Cc1cc(C(=O)NC(C)(C)c2cn([C@@H]3CN[C@H](C(=O)O)C3)nn2)ccc1F. The number of carbonyl (C=O) groups is 2. The number of nitrogens with one attached hydrogen (secondary N) is 2. The normalized spacial score (nSPS) is 19.9. The first-order chi connectivity index (χ1) is 12.7. The molecule has 0 radical (unpaired) electrons. The summed E-state index contributed by atoms with van der Waals surface area (Å²) in [6, 6.07) is 3.48. The third-order valence-corrected chi connectivity index (χ3v) is 4.78. The lowest BCUT2D eigenvalue weighted by molar-refractivity contribution is -0.139. The minimum atomic E-state index is -0.889. The Bertz CT molecular complexity index is 880. The van der Waals surface area contributed by atoms with Crippen molar-refractivity contribution in [3.8, 4) is 0 Å². The number of aryl methyl sites for hydroxylation is 1. The van der Waals surface area contributed by atoms with E-state index in [0.717, 1.165) is 0 Å². The second kappa shape index (κ2) is 7.07. The molecule has 2 atom stereocenters. The van der Waals surface area contributed by atoms with E-state index in [1.807, 2.05) is 0 Å². The van der Waals surface area contributed by atoms with Crippen LogP contribution in [0.4, 0.5) is 4.39 Å². The average molecular weight is 375 g/mol. The molecule has 3 N–H and O–H groups in total. The predicted molar refractivity (Wildman–Crippen MR) is 94.7 cm³/mol. The lowest BCUT2D eigenvalue weighted by Gasteiger charge is -2.24. The second-order valence-electron chi connectivity index (χ2n) is 7.32. The molecule has 0 saturated carbocycles. The highest BCUT2D eigenvalue weighted by Gasteiger charge is 2.33. The van der Waals surface area contributed by atoms with Gasteiger partial charge in [0.15, 0.2) is 0 Å². The third-order valence-electron chi connectivity index (χ3n) is 4.78. The summed E-state index contributed by atoms with van der Waals surface area (Å²) in [6.45, 7) is 5.68. The van der Waals surface area contributed by atoms with Crippen LogP contribution in [-0.2, 0) is 10.3 Å². The van der Waals surface area contributed by atoms with Crippen molar-refractivity contribution in [3.63, 3.8) is 0 Å². The van der Waals surface area contributed by atoms with E-state index in [4.69, 9.17) is 5.11 Å². The number of carboxylic acids is 1. The number of hydrogen-bond donors (Lipinski definition) is 3. The summed E-state index contributed by atoms with van der Waals surface area (Å²) in [5.74, 6) is -1.59. The van der Waals surface area contributed by atoms with Gasteiger partial charge in [0.1, 0.15) is 17.6 Å². The molecule has 0 aliphatic carbocycles. The molecule has 1 aliphatic rings. The first kappa shape index (κ1) is 19.0. The van der Waals surface area contributed by atoms with Gasteiger partial charge in [0.05, 0.1) is 17.8 Å². The lowest BCUT2D eigenvalue weighted by atomic mass is 10.00. The lowest BCUT2D eigenvalue weighted by Crippen LogP contribution is -2.41. The summed E-state index contributed by atoms with van der Waals surface area (Å²) < 4.78 is 15.0. The Balaban J connectivity index is 1.72. The molecule has 1 aliphatic heterocycles. The van der Waals surface area contributed by atoms with E-state index in [-0.39, 0.29) is 17.8 Å². The fourth-order valence-corrected chi connectivity index (χ4v) is 3.05. The monoisotopic (exact) mass is 375 g/mol. The van der Waals surface area contributed by atoms with E-state index >= 15 is 0 Å². The standard InChI is InChI=1S/C18H22FN5O3/c1-10-6-11(4-5-13(10)19)16(25)21-18(2,3)15-9-24(23-22-15)12-7-14(17(26)27)20-8-12/h4-6,9,12,14,20H,7-8H2,1-3H3,(H,21,25)(H,26,27)/t12-,14-/m0/s1. The first-order valence-corrected chi connectivity index (χ1v) is 8.64. The zero-order chi connectivity index (χ0) is 19.8. The van der Waals surface area contributed by atoms with Crippen molar-refractivity contribution in [3.05, 3.63) is 47.0 Å². The number of amides is 1. The molecular formula is C18H22FN5O3. The molecule has 3 rings (SSSR count). The Hall–Kier alpha value is -2.81. The van der Waals surface area contributed by atoms with Gasteiger partial charge in [-0.15, -0.1) is 5.10 Å². The van der Waals surface area contributed by atoms with E-state index in [2.05, 4.69) is 20.9 Å². The average Bonchev–Trinajstić information content (AvgIpc) is 3.26. The molecule has 1 amide bonds. The van der Waals surface area contributed by atoms with Crippen LogP contribution in [0.5, 0.6) is 0 Å². The molecule has 9 heteroatoms. The van der Waals surface area contributed by atoms with Crippen LogP contribution in [0.3, 0.4) is 0 Å². The molecule has 0 unspecified atom stereocenters. The minimum absolute atomic E-state index is 0.112. The molecule has 0 bridgehead atoms. The van der Waals surface area contributed by atoms with Gasteiger partial charge in [0, 0.05) is 12.1 Å². The van der Waals surface area contributed by atoms with Crippen LogP contribution in [0, 0.1) is 12.7 Å². The molecule has 27 heavy (non-hydrogen) atoms. The molecule has 8 nitrogen and oxygen atoms in total. The van der Waals surface area contributed by atoms with Crippen LogP contribution in [0.15, 0.2) is 24.4 Å². The molecule has 2 aromatic rings. The quantitative estimate of drug-likeness (QED) is 0.728. The zero-order valence-electron chi connectivity index (χ0n) is 15.4. The van der Waals surface area contributed by atoms with Gasteiger partial charge in [-0.1, -0.05) is 5.21 Å². The summed E-state index contributed by atoms with van der Waals surface area (Å²) in [5.41, 5.74) is 0.496. The van der Waals surface area contributed by atoms with Gasteiger partial charge in [-0.05, 0) is 51.0 Å². The molecular weight excluding hydrogens is 353 g/mol. The van der Waals surface area contributed by atoms with Gasteiger partial charge in [-0.3, -0.25) is 9.59 Å². The molecule has 1 aromatic carbocycles. The van der Waals surface area contributed by atoms with Crippen molar-refractivity contribution in [1.29, 1.82) is 0 Å². The highest BCUT2D eigenvalue weighted by molar-refractivity contribution is 5.94. The Morgan fingerprint density at radius 3 is 2.78 bits per heavy atom. The van der Waals surface area contributed by atoms with E-state index in [9.17, 15) is 14.0 Å². The number of aliphatic carboxylic acids is 1. The maximum atomic E-state index is 13.4. The number of hydrogen-bond acceptors (Lipinski definition) is 5. The molecule has 1 fully saturated rings. The predicted octanol–water partition coefficient (Wildman–Crippen LogP) is 1.38. The van der Waals surface area contributed by atoms with Gasteiger partial charge in [-0.2, -0.15) is 0 Å². The summed E-state index contributed by atoms with van der Waals surface area (Å²) in [6.07, 6.45) is 2.13. The van der Waals surface area contributed by atoms with Crippen LogP contribution in [0.2, 0.25) is 0 Å². The van der Waals surface area contributed by atoms with Gasteiger partial charge in [-0.25, -0.2) is 9.07 Å². The number of nitrogens with zero attached hydrogens (tertiary/aromatic N) is 3. The van der Waals surface area contributed by atoms with Crippen molar-refractivity contribution in [2.24, 2.45) is 0 Å². The van der Waals surface area contributed by atoms with E-state index < -0.39 is 17.6 Å². The summed E-state index contributed by atoms with van der Waals surface area (Å²) in [7, 11) is 0. The topological polar surface area (TPSA) is 109 Å². The van der Waals surface area contributed by atoms with E-state index in [0.29, 0.717) is 29.8 Å². The van der Waals surface area contributed by atoms with Crippen molar-refractivity contribution < 1.29 is 19.1 Å². The fourth-order valence-electron chi connectivity index (χ4n) is 3.05. The van der Waals surface area contributed by atoms with Crippen LogP contribution in [0.1, 0.15) is 47.9 Å². The van der Waals surface area contributed by atoms with Crippen molar-refractivity contribution in [2.45, 2.75) is 44.8 Å². The Morgan fingerprint density at radius 1 is 1.41 bits per heavy atom. The maximum absolute atomic E-state index is 13.4. The molecule has 1 saturated heterocycles. The fraction of sp³-hybridized carbons (Fsp3) is 0.444. The van der Waals surface area contributed by atoms with Gasteiger partial charge in [0.25, 0.3) is 5.91 Å². The first-order valence-electron chi connectivity index (χ1n) is 8.64. The summed E-state index contributed by atoms with van der Waals surface area (Å²) >= 11 is 0. The Labute approximate surface area is 155 Å². The molecule has 0 spiro atoms. The minimum Gasteiger partial charge on any atom is -0.480 e.